The zero-order chi connectivity index (χ0) is 15.9. The van der Waals surface area contributed by atoms with Crippen LogP contribution >= 0.6 is 11.9 Å². The Hall–Kier alpha value is -0.930. The van der Waals surface area contributed by atoms with Gasteiger partial charge in [0.1, 0.15) is 0 Å². The summed E-state index contributed by atoms with van der Waals surface area (Å²) >= 11 is 1.80. The van der Waals surface area contributed by atoms with Gasteiger partial charge in [0.05, 0.1) is 5.69 Å². The highest BCUT2D eigenvalue weighted by Gasteiger charge is 2.31. The van der Waals surface area contributed by atoms with E-state index in [1.807, 2.05) is 0 Å². The van der Waals surface area contributed by atoms with E-state index in [4.69, 9.17) is 0 Å². The van der Waals surface area contributed by atoms with Gasteiger partial charge < -0.3 is 4.72 Å². The van der Waals surface area contributed by atoms with Crippen LogP contribution in [0.5, 0.6) is 0 Å². The molecule has 2 nitrogen and oxygen atoms in total. The number of aryl methyl sites for hydroxylation is 2. The summed E-state index contributed by atoms with van der Waals surface area (Å²) in [5.74, 6) is 1.02. The average molecular weight is 341 g/mol. The lowest BCUT2D eigenvalue weighted by atomic mass is 9.99. The highest BCUT2D eigenvalue weighted by atomic mass is 32.2. The van der Waals surface area contributed by atoms with Gasteiger partial charge in [0, 0.05) is 19.1 Å². The second-order valence-electron chi connectivity index (χ2n) is 8.08. The number of anilines is 1. The van der Waals surface area contributed by atoms with Crippen molar-refractivity contribution in [1.29, 1.82) is 0 Å². The van der Waals surface area contributed by atoms with Gasteiger partial charge in [0.25, 0.3) is 0 Å². The van der Waals surface area contributed by atoms with E-state index in [0.29, 0.717) is 6.04 Å². The third-order valence-electron chi connectivity index (χ3n) is 6.37. The number of hydrogen-bond donors (Lipinski definition) is 1. The first kappa shape index (κ1) is 15.3. The number of likely N-dealkylation sites (tertiary alicyclic amines) is 1. The van der Waals surface area contributed by atoms with Crippen molar-refractivity contribution in [2.24, 2.45) is 5.92 Å². The van der Waals surface area contributed by atoms with Crippen molar-refractivity contribution in [2.75, 3.05) is 17.8 Å². The topological polar surface area (TPSA) is 15.3 Å². The standard InChI is InChI=1S/C21H28N2S/c1-3-16-13-17-4-2-6-20(17)21(19(16)5-1)22-24-12-10-18-9-11-23(18)14-15-7-8-15/h10,12-13,15,18,22H,1-9,11,14H2/b12-10+. The van der Waals surface area contributed by atoms with E-state index in [1.165, 1.54) is 76.6 Å². The number of rotatable bonds is 6. The third kappa shape index (κ3) is 2.90. The average Bonchev–Trinajstić information content (AvgIpc) is 3.06. The van der Waals surface area contributed by atoms with Gasteiger partial charge in [-0.15, -0.1) is 0 Å². The van der Waals surface area contributed by atoms with Crippen LogP contribution in [-0.2, 0) is 25.7 Å². The maximum absolute atomic E-state index is 3.73. The van der Waals surface area contributed by atoms with Crippen LogP contribution in [0, 0.1) is 5.92 Å². The first-order chi connectivity index (χ1) is 11.9. The Morgan fingerprint density at radius 2 is 1.79 bits per heavy atom. The Morgan fingerprint density at radius 1 is 1.04 bits per heavy atom. The molecule has 3 aliphatic carbocycles. The fourth-order valence-corrected chi connectivity index (χ4v) is 5.39. The second kappa shape index (κ2) is 6.42. The smallest absolute Gasteiger partial charge is 0.0512 e. The van der Waals surface area contributed by atoms with Crippen molar-refractivity contribution in [3.05, 3.63) is 39.8 Å². The summed E-state index contributed by atoms with van der Waals surface area (Å²) in [6.07, 6.45) is 14.5. The minimum atomic E-state index is 0.701. The van der Waals surface area contributed by atoms with Gasteiger partial charge in [-0.05, 0) is 103 Å². The molecule has 0 radical (unpaired) electrons. The zero-order valence-corrected chi connectivity index (χ0v) is 15.3. The minimum absolute atomic E-state index is 0.701. The molecule has 0 amide bonds. The Balaban J connectivity index is 1.23. The van der Waals surface area contributed by atoms with Crippen molar-refractivity contribution in [1.82, 2.24) is 4.90 Å². The Labute approximate surface area is 150 Å². The first-order valence-electron chi connectivity index (χ1n) is 9.87. The molecule has 4 aliphatic rings. The Morgan fingerprint density at radius 3 is 2.42 bits per heavy atom. The molecule has 2 fully saturated rings. The lowest BCUT2D eigenvalue weighted by molar-refractivity contribution is 0.119. The molecule has 1 saturated carbocycles. The summed E-state index contributed by atoms with van der Waals surface area (Å²) in [5.41, 5.74) is 7.97. The minimum Gasteiger partial charge on any atom is -0.326 e. The van der Waals surface area contributed by atoms with E-state index in [1.54, 1.807) is 34.2 Å². The summed E-state index contributed by atoms with van der Waals surface area (Å²) in [7, 11) is 0. The second-order valence-corrected chi connectivity index (χ2v) is 8.79. The molecule has 1 saturated heterocycles. The summed E-state index contributed by atoms with van der Waals surface area (Å²) in [5, 5.41) is 2.30. The van der Waals surface area contributed by atoms with Crippen LogP contribution in [0.15, 0.2) is 17.6 Å². The summed E-state index contributed by atoms with van der Waals surface area (Å²) in [6, 6.07) is 3.22. The molecule has 1 atom stereocenters. The van der Waals surface area contributed by atoms with E-state index < -0.39 is 0 Å². The molecule has 0 bridgehead atoms. The van der Waals surface area contributed by atoms with Crippen LogP contribution in [0.2, 0.25) is 0 Å². The van der Waals surface area contributed by atoms with Crippen molar-refractivity contribution in [2.45, 2.75) is 63.8 Å². The molecule has 0 aromatic heterocycles. The van der Waals surface area contributed by atoms with Crippen LogP contribution in [0.3, 0.4) is 0 Å². The van der Waals surface area contributed by atoms with Gasteiger partial charge >= 0.3 is 0 Å². The third-order valence-corrected chi connectivity index (χ3v) is 6.99. The van der Waals surface area contributed by atoms with E-state index in [9.17, 15) is 0 Å². The van der Waals surface area contributed by atoms with Crippen molar-refractivity contribution < 1.29 is 0 Å². The molecule has 3 heteroatoms. The molecule has 1 aliphatic heterocycles. The molecule has 1 aromatic carbocycles. The van der Waals surface area contributed by atoms with E-state index in [2.05, 4.69) is 27.2 Å². The number of benzene rings is 1. The van der Waals surface area contributed by atoms with Gasteiger partial charge in [-0.1, -0.05) is 12.1 Å². The quantitative estimate of drug-likeness (QED) is 0.754. The number of nitrogens with one attached hydrogen (secondary N) is 1. The number of fused-ring (bicyclic) bond motifs is 2. The van der Waals surface area contributed by atoms with Gasteiger partial charge in [-0.2, -0.15) is 0 Å². The van der Waals surface area contributed by atoms with Crippen LogP contribution in [0.4, 0.5) is 5.69 Å². The molecule has 1 unspecified atom stereocenters. The molecular formula is C21H28N2S. The van der Waals surface area contributed by atoms with Gasteiger partial charge in [-0.25, -0.2) is 0 Å². The maximum Gasteiger partial charge on any atom is 0.0512 e. The van der Waals surface area contributed by atoms with Crippen molar-refractivity contribution >= 4 is 17.6 Å². The highest BCUT2D eigenvalue weighted by molar-refractivity contribution is 8.03. The molecule has 1 heterocycles. The zero-order valence-electron chi connectivity index (χ0n) is 14.5. The van der Waals surface area contributed by atoms with E-state index >= 15 is 0 Å². The predicted octanol–water partition coefficient (Wildman–Crippen LogP) is 4.72. The summed E-state index contributed by atoms with van der Waals surface area (Å²) in [4.78, 5) is 2.66. The van der Waals surface area contributed by atoms with E-state index in [-0.39, 0.29) is 0 Å². The summed E-state index contributed by atoms with van der Waals surface area (Å²) in [6.45, 7) is 2.65. The lowest BCUT2D eigenvalue weighted by Crippen LogP contribution is -2.47. The molecular weight excluding hydrogens is 312 g/mol. The maximum atomic E-state index is 3.73. The van der Waals surface area contributed by atoms with Crippen LogP contribution in [0.25, 0.3) is 0 Å². The van der Waals surface area contributed by atoms with Crippen molar-refractivity contribution in [3.63, 3.8) is 0 Å². The highest BCUT2D eigenvalue weighted by Crippen LogP contribution is 2.40. The fraction of sp³-hybridized carbons (Fsp3) is 0.619. The van der Waals surface area contributed by atoms with Gasteiger partial charge in [0.15, 0.2) is 0 Å². The van der Waals surface area contributed by atoms with Crippen molar-refractivity contribution in [3.8, 4) is 0 Å². The monoisotopic (exact) mass is 340 g/mol. The van der Waals surface area contributed by atoms with Crippen LogP contribution < -0.4 is 4.72 Å². The molecule has 0 spiro atoms. The number of nitrogens with zero attached hydrogens (tertiary/aromatic N) is 1. The Bertz CT molecular complexity index is 630. The summed E-state index contributed by atoms with van der Waals surface area (Å²) < 4.78 is 3.73. The predicted molar refractivity (Wildman–Crippen MR) is 104 cm³/mol. The lowest BCUT2D eigenvalue weighted by Gasteiger charge is -2.39. The molecule has 1 N–H and O–H groups in total. The Kier molecular flexibility index (Phi) is 4.10. The normalized spacial score (nSPS) is 25.8. The molecule has 24 heavy (non-hydrogen) atoms. The molecule has 5 rings (SSSR count). The first-order valence-corrected chi connectivity index (χ1v) is 10.8. The van der Waals surface area contributed by atoms with Crippen LogP contribution in [-0.4, -0.2) is 24.0 Å². The number of hydrogen-bond acceptors (Lipinski definition) is 3. The van der Waals surface area contributed by atoms with Gasteiger partial charge in [-0.3, -0.25) is 4.90 Å². The largest absolute Gasteiger partial charge is 0.326 e. The van der Waals surface area contributed by atoms with E-state index in [0.717, 1.165) is 5.92 Å². The van der Waals surface area contributed by atoms with Crippen LogP contribution in [0.1, 0.15) is 54.4 Å². The molecule has 1 aromatic rings. The van der Waals surface area contributed by atoms with Gasteiger partial charge in [0.2, 0.25) is 0 Å². The SMILES string of the molecule is C(=C\C1CCN1CC1CC1)/SNc1c2c(cc3c1CCC3)CCC2. The fourth-order valence-electron chi connectivity index (χ4n) is 4.70. The molecule has 128 valence electrons.